The van der Waals surface area contributed by atoms with E-state index in [2.05, 4.69) is 25.8 Å². The number of rotatable bonds is 4. The van der Waals surface area contributed by atoms with Gasteiger partial charge in [-0.2, -0.15) is 0 Å². The van der Waals surface area contributed by atoms with Crippen molar-refractivity contribution in [1.29, 1.82) is 0 Å². The van der Waals surface area contributed by atoms with E-state index >= 15 is 0 Å². The standard InChI is InChI=1S/C15H16N6O2/c1-9-4-3-5-21-7-12(18-13(9)21)14(23)19-20-15-16-10(2)6-11(8-22)17-15/h3-7,22H,8H2,1-2H3,(H,19,23)(H,16,17,20). The highest BCUT2D eigenvalue weighted by Gasteiger charge is 2.12. The second-order valence-electron chi connectivity index (χ2n) is 5.11. The van der Waals surface area contributed by atoms with Crippen LogP contribution < -0.4 is 10.9 Å². The normalized spacial score (nSPS) is 10.7. The number of anilines is 1. The molecule has 0 bridgehead atoms. The van der Waals surface area contributed by atoms with Crippen molar-refractivity contribution in [3.8, 4) is 0 Å². The van der Waals surface area contributed by atoms with Crippen LogP contribution >= 0.6 is 0 Å². The van der Waals surface area contributed by atoms with Crippen LogP contribution in [0, 0.1) is 13.8 Å². The van der Waals surface area contributed by atoms with Crippen LogP contribution in [0.2, 0.25) is 0 Å². The molecular weight excluding hydrogens is 296 g/mol. The molecule has 8 heteroatoms. The van der Waals surface area contributed by atoms with Crippen molar-refractivity contribution < 1.29 is 9.90 Å². The molecule has 0 saturated heterocycles. The Morgan fingerprint density at radius 1 is 1.30 bits per heavy atom. The Labute approximate surface area is 132 Å². The van der Waals surface area contributed by atoms with Crippen molar-refractivity contribution in [2.75, 3.05) is 5.43 Å². The van der Waals surface area contributed by atoms with Gasteiger partial charge in [0.25, 0.3) is 5.91 Å². The van der Waals surface area contributed by atoms with E-state index in [-0.39, 0.29) is 18.2 Å². The fraction of sp³-hybridized carbons (Fsp3) is 0.200. The van der Waals surface area contributed by atoms with Gasteiger partial charge in [-0.15, -0.1) is 0 Å². The molecule has 0 aliphatic rings. The number of aryl methyl sites for hydroxylation is 2. The quantitative estimate of drug-likeness (QED) is 0.621. The zero-order valence-electron chi connectivity index (χ0n) is 12.7. The number of fused-ring (bicyclic) bond motifs is 1. The average molecular weight is 312 g/mol. The monoisotopic (exact) mass is 312 g/mol. The summed E-state index contributed by atoms with van der Waals surface area (Å²) < 4.78 is 1.79. The van der Waals surface area contributed by atoms with E-state index < -0.39 is 5.91 Å². The second kappa shape index (κ2) is 6.01. The first-order valence-electron chi connectivity index (χ1n) is 7.03. The van der Waals surface area contributed by atoms with E-state index in [1.54, 1.807) is 23.6 Å². The number of aliphatic hydroxyl groups is 1. The summed E-state index contributed by atoms with van der Waals surface area (Å²) in [5, 5.41) is 9.13. The fourth-order valence-corrected chi connectivity index (χ4v) is 2.21. The van der Waals surface area contributed by atoms with Crippen molar-refractivity contribution in [3.63, 3.8) is 0 Å². The minimum absolute atomic E-state index is 0.197. The van der Waals surface area contributed by atoms with E-state index in [1.807, 2.05) is 25.3 Å². The van der Waals surface area contributed by atoms with Crippen molar-refractivity contribution >= 4 is 17.5 Å². The van der Waals surface area contributed by atoms with Gasteiger partial charge in [0.05, 0.1) is 12.3 Å². The van der Waals surface area contributed by atoms with Crippen molar-refractivity contribution in [1.82, 2.24) is 24.8 Å². The number of aromatic nitrogens is 4. The van der Waals surface area contributed by atoms with E-state index in [4.69, 9.17) is 5.11 Å². The predicted molar refractivity (Wildman–Crippen MR) is 83.7 cm³/mol. The minimum atomic E-state index is -0.399. The SMILES string of the molecule is Cc1cc(CO)nc(NNC(=O)c2cn3cccc(C)c3n2)n1. The van der Waals surface area contributed by atoms with E-state index in [0.717, 1.165) is 11.2 Å². The maximum atomic E-state index is 12.2. The molecule has 0 radical (unpaired) electrons. The van der Waals surface area contributed by atoms with Crippen LogP contribution in [0.3, 0.4) is 0 Å². The summed E-state index contributed by atoms with van der Waals surface area (Å²) in [5.41, 5.74) is 8.28. The molecule has 1 amide bonds. The van der Waals surface area contributed by atoms with E-state index in [0.29, 0.717) is 11.4 Å². The third-order valence-electron chi connectivity index (χ3n) is 3.27. The molecule has 3 N–H and O–H groups in total. The van der Waals surface area contributed by atoms with Crippen LogP contribution in [-0.4, -0.2) is 30.4 Å². The number of carbonyl (C=O) groups excluding carboxylic acids is 1. The molecule has 0 atom stereocenters. The third kappa shape index (κ3) is 3.11. The maximum Gasteiger partial charge on any atom is 0.289 e. The van der Waals surface area contributed by atoms with Crippen molar-refractivity contribution in [3.05, 3.63) is 53.2 Å². The van der Waals surface area contributed by atoms with Gasteiger partial charge in [-0.1, -0.05) is 6.07 Å². The lowest BCUT2D eigenvalue weighted by Crippen LogP contribution is -2.30. The highest BCUT2D eigenvalue weighted by molar-refractivity contribution is 5.93. The first-order valence-corrected chi connectivity index (χ1v) is 7.03. The highest BCUT2D eigenvalue weighted by atomic mass is 16.3. The molecular formula is C15H16N6O2. The molecule has 3 aromatic heterocycles. The van der Waals surface area contributed by atoms with Gasteiger partial charge >= 0.3 is 0 Å². The van der Waals surface area contributed by atoms with Crippen LogP contribution in [-0.2, 0) is 6.61 Å². The molecule has 3 heterocycles. The number of nitrogens with one attached hydrogen (secondary N) is 2. The van der Waals surface area contributed by atoms with Crippen molar-refractivity contribution in [2.45, 2.75) is 20.5 Å². The van der Waals surface area contributed by atoms with E-state index in [1.165, 1.54) is 0 Å². The number of hydrogen-bond acceptors (Lipinski definition) is 6. The van der Waals surface area contributed by atoms with Gasteiger partial charge in [0.1, 0.15) is 11.3 Å². The zero-order valence-corrected chi connectivity index (χ0v) is 12.7. The van der Waals surface area contributed by atoms with Gasteiger partial charge in [0.15, 0.2) is 0 Å². The Bertz CT molecular complexity index is 874. The molecule has 118 valence electrons. The first kappa shape index (κ1) is 14.9. The first-order chi connectivity index (χ1) is 11.1. The van der Waals surface area contributed by atoms with Crippen LogP contribution in [0.1, 0.15) is 27.4 Å². The summed E-state index contributed by atoms with van der Waals surface area (Å²) in [6, 6.07) is 5.48. The number of aliphatic hydroxyl groups excluding tert-OH is 1. The Hall–Kier alpha value is -3.00. The second-order valence-corrected chi connectivity index (χ2v) is 5.11. The van der Waals surface area contributed by atoms with Gasteiger partial charge in [-0.3, -0.25) is 15.6 Å². The van der Waals surface area contributed by atoms with Gasteiger partial charge in [0, 0.05) is 18.1 Å². The summed E-state index contributed by atoms with van der Waals surface area (Å²) in [7, 11) is 0. The Morgan fingerprint density at radius 3 is 2.87 bits per heavy atom. The van der Waals surface area contributed by atoms with Crippen LogP contribution in [0.15, 0.2) is 30.6 Å². The van der Waals surface area contributed by atoms with Crippen LogP contribution in [0.4, 0.5) is 5.95 Å². The lowest BCUT2D eigenvalue weighted by atomic mass is 10.3. The number of hydrogen-bond donors (Lipinski definition) is 3. The molecule has 8 nitrogen and oxygen atoms in total. The Kier molecular flexibility index (Phi) is 3.90. The summed E-state index contributed by atoms with van der Waals surface area (Å²) in [6.07, 6.45) is 3.48. The molecule has 3 rings (SSSR count). The molecule has 0 saturated carbocycles. The summed E-state index contributed by atoms with van der Waals surface area (Å²) in [5.74, 6) is -0.189. The van der Waals surface area contributed by atoms with Crippen molar-refractivity contribution in [2.24, 2.45) is 0 Å². The number of carbonyl (C=O) groups is 1. The third-order valence-corrected chi connectivity index (χ3v) is 3.27. The highest BCUT2D eigenvalue weighted by Crippen LogP contribution is 2.10. The van der Waals surface area contributed by atoms with Gasteiger partial charge < -0.3 is 9.51 Å². The molecule has 0 spiro atoms. The van der Waals surface area contributed by atoms with Gasteiger partial charge in [0.2, 0.25) is 5.95 Å². The number of imidazole rings is 1. The number of pyridine rings is 1. The maximum absolute atomic E-state index is 12.2. The zero-order chi connectivity index (χ0) is 16.4. The molecule has 0 unspecified atom stereocenters. The lowest BCUT2D eigenvalue weighted by molar-refractivity contribution is 0.0958. The summed E-state index contributed by atoms with van der Waals surface area (Å²) in [6.45, 7) is 3.51. The number of nitrogens with zero attached hydrogens (tertiary/aromatic N) is 4. The fourth-order valence-electron chi connectivity index (χ4n) is 2.21. The average Bonchev–Trinajstić information content (AvgIpc) is 2.98. The minimum Gasteiger partial charge on any atom is -0.390 e. The van der Waals surface area contributed by atoms with Crippen LogP contribution in [0.5, 0.6) is 0 Å². The summed E-state index contributed by atoms with van der Waals surface area (Å²) >= 11 is 0. The smallest absolute Gasteiger partial charge is 0.289 e. The molecule has 3 aromatic rings. The molecule has 0 aliphatic heterocycles. The number of amides is 1. The lowest BCUT2D eigenvalue weighted by Gasteiger charge is -2.07. The largest absolute Gasteiger partial charge is 0.390 e. The van der Waals surface area contributed by atoms with E-state index in [9.17, 15) is 4.79 Å². The molecule has 23 heavy (non-hydrogen) atoms. The summed E-state index contributed by atoms with van der Waals surface area (Å²) in [4.78, 5) is 24.7. The topological polar surface area (TPSA) is 104 Å². The Morgan fingerprint density at radius 2 is 2.13 bits per heavy atom. The molecule has 0 aliphatic carbocycles. The Balaban J connectivity index is 1.76. The number of hydrazine groups is 1. The van der Waals surface area contributed by atoms with Gasteiger partial charge in [-0.05, 0) is 31.5 Å². The predicted octanol–water partition coefficient (Wildman–Crippen LogP) is 0.990. The molecule has 0 aromatic carbocycles. The van der Waals surface area contributed by atoms with Crippen LogP contribution in [0.25, 0.3) is 5.65 Å². The van der Waals surface area contributed by atoms with Gasteiger partial charge in [-0.25, -0.2) is 15.0 Å². The molecule has 0 fully saturated rings.